The summed E-state index contributed by atoms with van der Waals surface area (Å²) in [5.41, 5.74) is 0.0829. The molecule has 0 aliphatic heterocycles. The van der Waals surface area contributed by atoms with E-state index >= 15 is 0 Å². The smallest absolute Gasteiger partial charge is 0.265 e. The minimum absolute atomic E-state index is 0.0829. The van der Waals surface area contributed by atoms with Crippen molar-refractivity contribution in [3.8, 4) is 5.75 Å². The molecule has 0 heterocycles. The Kier molecular flexibility index (Phi) is 5.17. The van der Waals surface area contributed by atoms with E-state index in [2.05, 4.69) is 5.32 Å². The van der Waals surface area contributed by atoms with E-state index in [0.29, 0.717) is 12.2 Å². The number of rotatable bonds is 5. The van der Waals surface area contributed by atoms with E-state index in [0.717, 1.165) is 6.07 Å². The normalized spacial score (nSPS) is 11.8. The molecule has 0 unspecified atom stereocenters. The van der Waals surface area contributed by atoms with Crippen LogP contribution in [0.2, 0.25) is 5.02 Å². The maximum absolute atomic E-state index is 13.7. The average molecular weight is 308 g/mol. The van der Waals surface area contributed by atoms with E-state index in [-0.39, 0.29) is 10.7 Å². The predicted octanol–water partition coefficient (Wildman–Crippen LogP) is 4.28. The van der Waals surface area contributed by atoms with Gasteiger partial charge in [0.05, 0.1) is 5.69 Å². The maximum Gasteiger partial charge on any atom is 0.265 e. The molecule has 0 saturated heterocycles. The number of benzene rings is 2. The number of anilines is 1. The van der Waals surface area contributed by atoms with Gasteiger partial charge in [0.1, 0.15) is 11.6 Å². The van der Waals surface area contributed by atoms with Crippen LogP contribution in [0, 0.1) is 5.82 Å². The Morgan fingerprint density at radius 1 is 1.29 bits per heavy atom. The third-order valence-electron chi connectivity index (χ3n) is 2.87. The number of halogens is 2. The van der Waals surface area contributed by atoms with Gasteiger partial charge in [0.15, 0.2) is 6.10 Å². The number of carbonyl (C=O) groups is 1. The summed E-state index contributed by atoms with van der Waals surface area (Å²) >= 11 is 5.67. The molecule has 2 aromatic rings. The fourth-order valence-electron chi connectivity index (χ4n) is 1.79. The topological polar surface area (TPSA) is 38.3 Å². The van der Waals surface area contributed by atoms with Crippen molar-refractivity contribution >= 4 is 23.2 Å². The van der Waals surface area contributed by atoms with Crippen molar-refractivity contribution in [2.45, 2.75) is 19.4 Å². The van der Waals surface area contributed by atoms with Crippen molar-refractivity contribution < 1.29 is 13.9 Å². The number of hydrogen-bond donors (Lipinski definition) is 1. The first-order chi connectivity index (χ1) is 10.1. The zero-order chi connectivity index (χ0) is 15.2. The Morgan fingerprint density at radius 3 is 2.62 bits per heavy atom. The van der Waals surface area contributed by atoms with Crippen molar-refractivity contribution in [1.82, 2.24) is 0 Å². The van der Waals surface area contributed by atoms with E-state index in [4.69, 9.17) is 16.3 Å². The molecule has 0 fully saturated rings. The lowest BCUT2D eigenvalue weighted by Crippen LogP contribution is -2.32. The third-order valence-corrected chi connectivity index (χ3v) is 3.11. The van der Waals surface area contributed by atoms with E-state index in [1.165, 1.54) is 12.1 Å². The molecule has 2 aromatic carbocycles. The molecular weight excluding hydrogens is 293 g/mol. The minimum atomic E-state index is -0.692. The Bertz CT molecular complexity index is 619. The van der Waals surface area contributed by atoms with Crippen LogP contribution >= 0.6 is 11.6 Å². The molecule has 3 nitrogen and oxygen atoms in total. The molecule has 21 heavy (non-hydrogen) atoms. The van der Waals surface area contributed by atoms with Crippen LogP contribution in [0.4, 0.5) is 10.1 Å². The van der Waals surface area contributed by atoms with Crippen LogP contribution in [0.15, 0.2) is 48.5 Å². The Balaban J connectivity index is 2.06. The molecule has 0 spiro atoms. The van der Waals surface area contributed by atoms with Crippen molar-refractivity contribution in [1.29, 1.82) is 0 Å². The van der Waals surface area contributed by atoms with E-state index in [9.17, 15) is 9.18 Å². The molecule has 2 rings (SSSR count). The molecule has 1 atom stereocenters. The summed E-state index contributed by atoms with van der Waals surface area (Å²) in [5, 5.41) is 2.79. The summed E-state index contributed by atoms with van der Waals surface area (Å²) in [5.74, 6) is -0.385. The molecule has 110 valence electrons. The van der Waals surface area contributed by atoms with Gasteiger partial charge in [-0.05, 0) is 36.8 Å². The Hall–Kier alpha value is -2.07. The zero-order valence-electron chi connectivity index (χ0n) is 11.5. The van der Waals surface area contributed by atoms with Gasteiger partial charge in [-0.25, -0.2) is 4.39 Å². The molecule has 1 amide bonds. The van der Waals surface area contributed by atoms with E-state index in [1.54, 1.807) is 12.1 Å². The number of carbonyl (C=O) groups excluding carboxylic acids is 1. The molecule has 1 N–H and O–H groups in total. The fraction of sp³-hybridized carbons (Fsp3) is 0.188. The average Bonchev–Trinajstić information content (AvgIpc) is 2.48. The van der Waals surface area contributed by atoms with Crippen LogP contribution < -0.4 is 10.1 Å². The second-order valence-electron chi connectivity index (χ2n) is 4.44. The number of hydrogen-bond acceptors (Lipinski definition) is 2. The molecule has 0 bridgehead atoms. The Morgan fingerprint density at radius 2 is 2.00 bits per heavy atom. The molecule has 0 saturated carbocycles. The summed E-state index contributed by atoms with van der Waals surface area (Å²) in [6.45, 7) is 1.82. The molecule has 0 radical (unpaired) electrons. The van der Waals surface area contributed by atoms with E-state index in [1.807, 2.05) is 25.1 Å². The lowest BCUT2D eigenvalue weighted by atomic mass is 10.2. The first-order valence-corrected chi connectivity index (χ1v) is 6.95. The van der Waals surface area contributed by atoms with E-state index < -0.39 is 17.8 Å². The summed E-state index contributed by atoms with van der Waals surface area (Å²) in [7, 11) is 0. The number of amides is 1. The summed E-state index contributed by atoms with van der Waals surface area (Å²) in [6.07, 6.45) is -0.224. The quantitative estimate of drug-likeness (QED) is 0.895. The molecule has 0 aromatic heterocycles. The first kappa shape index (κ1) is 15.3. The van der Waals surface area contributed by atoms with Gasteiger partial charge in [-0.3, -0.25) is 4.79 Å². The second-order valence-corrected chi connectivity index (χ2v) is 4.88. The maximum atomic E-state index is 13.7. The summed E-state index contributed by atoms with van der Waals surface area (Å²) in [6, 6.07) is 13.1. The van der Waals surface area contributed by atoms with Gasteiger partial charge < -0.3 is 10.1 Å². The summed E-state index contributed by atoms with van der Waals surface area (Å²) < 4.78 is 19.3. The van der Waals surface area contributed by atoms with Crippen LogP contribution in [0.1, 0.15) is 13.3 Å². The van der Waals surface area contributed by atoms with Gasteiger partial charge in [-0.15, -0.1) is 0 Å². The van der Waals surface area contributed by atoms with Crippen molar-refractivity contribution in [2.75, 3.05) is 5.32 Å². The van der Waals surface area contributed by atoms with Gasteiger partial charge in [0.2, 0.25) is 0 Å². The highest BCUT2D eigenvalue weighted by Crippen LogP contribution is 2.20. The number of para-hydroxylation sites is 1. The monoisotopic (exact) mass is 307 g/mol. The third kappa shape index (κ3) is 4.20. The van der Waals surface area contributed by atoms with Crippen LogP contribution in [0.25, 0.3) is 0 Å². The van der Waals surface area contributed by atoms with Gasteiger partial charge >= 0.3 is 0 Å². The van der Waals surface area contributed by atoms with Gasteiger partial charge in [-0.1, -0.05) is 36.7 Å². The van der Waals surface area contributed by atoms with Crippen LogP contribution in [-0.4, -0.2) is 12.0 Å². The molecule has 0 aliphatic rings. The van der Waals surface area contributed by atoms with Gasteiger partial charge in [0, 0.05) is 5.02 Å². The standard InChI is InChI=1S/C16H15ClFNO2/c1-2-15(21-12-6-4-3-5-7-12)16(20)19-14-9-8-11(17)10-13(14)18/h3-10,15H,2H2,1H3,(H,19,20)/t15-/m0/s1. The fourth-order valence-corrected chi connectivity index (χ4v) is 1.95. The SMILES string of the molecule is CC[C@H](Oc1ccccc1)C(=O)Nc1ccc(Cl)cc1F. The van der Waals surface area contributed by atoms with Crippen LogP contribution in [0.5, 0.6) is 5.75 Å². The highest BCUT2D eigenvalue weighted by atomic mass is 35.5. The predicted molar refractivity (Wildman–Crippen MR) is 81.2 cm³/mol. The largest absolute Gasteiger partial charge is 0.481 e. The van der Waals surface area contributed by atoms with Gasteiger partial charge in [-0.2, -0.15) is 0 Å². The molecule has 5 heteroatoms. The highest BCUT2D eigenvalue weighted by Gasteiger charge is 2.19. The number of ether oxygens (including phenoxy) is 1. The first-order valence-electron chi connectivity index (χ1n) is 6.57. The van der Waals surface area contributed by atoms with Gasteiger partial charge in [0.25, 0.3) is 5.91 Å². The highest BCUT2D eigenvalue weighted by molar-refractivity contribution is 6.30. The molecular formula is C16H15ClFNO2. The van der Waals surface area contributed by atoms with Crippen molar-refractivity contribution in [3.05, 3.63) is 59.4 Å². The molecule has 0 aliphatic carbocycles. The second kappa shape index (κ2) is 7.09. The van der Waals surface area contributed by atoms with Crippen molar-refractivity contribution in [3.63, 3.8) is 0 Å². The van der Waals surface area contributed by atoms with Crippen molar-refractivity contribution in [2.24, 2.45) is 0 Å². The zero-order valence-corrected chi connectivity index (χ0v) is 12.2. The Labute approximate surface area is 127 Å². The lowest BCUT2D eigenvalue weighted by Gasteiger charge is -2.17. The lowest BCUT2D eigenvalue weighted by molar-refractivity contribution is -0.122. The number of nitrogens with one attached hydrogen (secondary N) is 1. The van der Waals surface area contributed by atoms with Crippen LogP contribution in [-0.2, 0) is 4.79 Å². The minimum Gasteiger partial charge on any atom is -0.481 e. The van der Waals surface area contributed by atoms with Crippen LogP contribution in [0.3, 0.4) is 0 Å². The summed E-state index contributed by atoms with van der Waals surface area (Å²) in [4.78, 5) is 12.1.